The predicted molar refractivity (Wildman–Crippen MR) is 88.0 cm³/mol. The van der Waals surface area contributed by atoms with Crippen LogP contribution in [0.1, 0.15) is 24.5 Å². The van der Waals surface area contributed by atoms with Gasteiger partial charge in [-0.05, 0) is 37.0 Å². The summed E-state index contributed by atoms with van der Waals surface area (Å²) in [6.45, 7) is 3.43. The molecular formula is C18H25NO5. The summed E-state index contributed by atoms with van der Waals surface area (Å²) in [5, 5.41) is 19.9. The van der Waals surface area contributed by atoms with Gasteiger partial charge in [0.1, 0.15) is 18.0 Å². The van der Waals surface area contributed by atoms with Crippen LogP contribution in [0.25, 0.3) is 0 Å². The Bertz CT molecular complexity index is 591. The molecule has 1 fully saturated rings. The molecule has 0 radical (unpaired) electrons. The fourth-order valence-electron chi connectivity index (χ4n) is 3.43. The van der Waals surface area contributed by atoms with E-state index in [1.807, 2.05) is 25.1 Å². The van der Waals surface area contributed by atoms with Crippen LogP contribution in [0.4, 0.5) is 0 Å². The molecule has 1 aromatic rings. The van der Waals surface area contributed by atoms with Gasteiger partial charge in [-0.2, -0.15) is 0 Å². The van der Waals surface area contributed by atoms with Gasteiger partial charge in [0.25, 0.3) is 0 Å². The minimum atomic E-state index is -0.973. The third-order valence-electron chi connectivity index (χ3n) is 4.76. The van der Waals surface area contributed by atoms with Crippen molar-refractivity contribution in [2.75, 3.05) is 26.4 Å². The minimum Gasteiger partial charge on any atom is -0.493 e. The second-order valence-corrected chi connectivity index (χ2v) is 6.41. The second-order valence-electron chi connectivity index (χ2n) is 6.41. The topological polar surface area (TPSA) is 79.2 Å². The minimum absolute atomic E-state index is 0.0732. The van der Waals surface area contributed by atoms with Gasteiger partial charge in [-0.15, -0.1) is 0 Å². The SMILES string of the molecule is CCN(C(=O)Cc1ccc2c(c1)CCCO2)[C@@H]1COC[C@@H](O)[C@H]1O. The number of aliphatic hydroxyl groups is 2. The largest absolute Gasteiger partial charge is 0.493 e. The highest BCUT2D eigenvalue weighted by Gasteiger charge is 2.36. The number of fused-ring (bicyclic) bond motifs is 1. The fourth-order valence-corrected chi connectivity index (χ4v) is 3.43. The van der Waals surface area contributed by atoms with Gasteiger partial charge in [0.05, 0.1) is 32.3 Å². The monoisotopic (exact) mass is 335 g/mol. The number of rotatable bonds is 4. The summed E-state index contributed by atoms with van der Waals surface area (Å²) >= 11 is 0. The normalized spacial score (nSPS) is 26.4. The Balaban J connectivity index is 1.70. The summed E-state index contributed by atoms with van der Waals surface area (Å²) in [6, 6.07) is 5.36. The first kappa shape index (κ1) is 17.2. The Hall–Kier alpha value is -1.63. The van der Waals surface area contributed by atoms with E-state index in [0.717, 1.165) is 36.3 Å². The number of likely N-dealkylation sites (N-methyl/N-ethyl adjacent to an activating group) is 1. The van der Waals surface area contributed by atoms with Gasteiger partial charge in [-0.1, -0.05) is 12.1 Å². The van der Waals surface area contributed by atoms with Crippen LogP contribution in [0.3, 0.4) is 0 Å². The third kappa shape index (κ3) is 3.55. The molecule has 0 unspecified atom stereocenters. The Morgan fingerprint density at radius 1 is 1.33 bits per heavy atom. The molecule has 0 spiro atoms. The molecule has 0 aliphatic carbocycles. The predicted octanol–water partition coefficient (Wildman–Crippen LogP) is 0.523. The van der Waals surface area contributed by atoms with Gasteiger partial charge >= 0.3 is 0 Å². The maximum Gasteiger partial charge on any atom is 0.227 e. The number of aryl methyl sites for hydroxylation is 1. The first-order chi connectivity index (χ1) is 11.6. The van der Waals surface area contributed by atoms with Gasteiger partial charge in [0.15, 0.2) is 0 Å². The van der Waals surface area contributed by atoms with Gasteiger partial charge in [0.2, 0.25) is 5.91 Å². The molecule has 3 rings (SSSR count). The van der Waals surface area contributed by atoms with Crippen molar-refractivity contribution in [3.8, 4) is 5.75 Å². The molecule has 6 heteroatoms. The molecule has 2 aliphatic heterocycles. The summed E-state index contributed by atoms with van der Waals surface area (Å²) in [4.78, 5) is 14.3. The van der Waals surface area contributed by atoms with E-state index in [2.05, 4.69) is 0 Å². The number of hydrogen-bond donors (Lipinski definition) is 2. The summed E-state index contributed by atoms with van der Waals surface area (Å²) in [5.41, 5.74) is 2.08. The maximum absolute atomic E-state index is 12.7. The molecule has 132 valence electrons. The molecule has 3 atom stereocenters. The first-order valence-electron chi connectivity index (χ1n) is 8.58. The average Bonchev–Trinajstić information content (AvgIpc) is 2.59. The van der Waals surface area contributed by atoms with Gasteiger partial charge < -0.3 is 24.6 Å². The summed E-state index contributed by atoms with van der Waals surface area (Å²) in [7, 11) is 0. The molecule has 24 heavy (non-hydrogen) atoms. The first-order valence-corrected chi connectivity index (χ1v) is 8.58. The molecule has 6 nitrogen and oxygen atoms in total. The lowest BCUT2D eigenvalue weighted by molar-refractivity contribution is -0.155. The zero-order valence-electron chi connectivity index (χ0n) is 14.0. The molecule has 1 aromatic carbocycles. The number of nitrogens with zero attached hydrogens (tertiary/aromatic N) is 1. The number of aliphatic hydroxyl groups excluding tert-OH is 2. The third-order valence-corrected chi connectivity index (χ3v) is 4.76. The summed E-state index contributed by atoms with van der Waals surface area (Å²) in [6.07, 6.45) is 0.303. The molecule has 2 aliphatic rings. The van der Waals surface area contributed by atoms with Crippen molar-refractivity contribution in [2.24, 2.45) is 0 Å². The maximum atomic E-state index is 12.7. The summed E-state index contributed by atoms with van der Waals surface area (Å²) < 4.78 is 10.9. The second kappa shape index (κ2) is 7.51. The van der Waals surface area contributed by atoms with E-state index in [1.54, 1.807) is 4.90 Å². The van der Waals surface area contributed by atoms with Crippen LogP contribution in [0.5, 0.6) is 5.75 Å². The Morgan fingerprint density at radius 3 is 2.96 bits per heavy atom. The molecular weight excluding hydrogens is 310 g/mol. The standard InChI is InChI=1S/C18H25NO5/c1-2-19(14-10-23-11-15(20)18(14)22)17(21)9-12-5-6-16-13(8-12)4-3-7-24-16/h5-6,8,14-15,18,20,22H,2-4,7,9-11H2,1H3/t14-,15-,18+/m1/s1. The molecule has 2 heterocycles. The summed E-state index contributed by atoms with van der Waals surface area (Å²) in [5.74, 6) is 0.833. The molecule has 0 aromatic heterocycles. The Kier molecular flexibility index (Phi) is 5.38. The average molecular weight is 335 g/mol. The smallest absolute Gasteiger partial charge is 0.227 e. The lowest BCUT2D eigenvalue weighted by Crippen LogP contribution is -2.57. The van der Waals surface area contributed by atoms with Crippen molar-refractivity contribution in [1.82, 2.24) is 4.90 Å². The number of carbonyl (C=O) groups excluding carboxylic acids is 1. The van der Waals surface area contributed by atoms with Crippen molar-refractivity contribution in [3.63, 3.8) is 0 Å². The van der Waals surface area contributed by atoms with E-state index in [1.165, 1.54) is 0 Å². The number of amides is 1. The van der Waals surface area contributed by atoms with Crippen LogP contribution < -0.4 is 4.74 Å². The highest BCUT2D eigenvalue weighted by molar-refractivity contribution is 5.79. The van der Waals surface area contributed by atoms with Gasteiger partial charge in [0, 0.05) is 6.54 Å². The van der Waals surface area contributed by atoms with Crippen molar-refractivity contribution in [1.29, 1.82) is 0 Å². The van der Waals surface area contributed by atoms with Crippen molar-refractivity contribution >= 4 is 5.91 Å². The van der Waals surface area contributed by atoms with Crippen LogP contribution in [0.15, 0.2) is 18.2 Å². The number of carbonyl (C=O) groups is 1. The van der Waals surface area contributed by atoms with E-state index in [9.17, 15) is 15.0 Å². The van der Waals surface area contributed by atoms with Crippen molar-refractivity contribution in [3.05, 3.63) is 29.3 Å². The molecule has 2 N–H and O–H groups in total. The molecule has 1 saturated heterocycles. The van der Waals surface area contributed by atoms with E-state index >= 15 is 0 Å². The van der Waals surface area contributed by atoms with Crippen LogP contribution in [-0.2, 0) is 22.4 Å². The number of benzene rings is 1. The molecule has 0 bridgehead atoms. The lowest BCUT2D eigenvalue weighted by atomic mass is 9.99. The van der Waals surface area contributed by atoms with Crippen LogP contribution in [-0.4, -0.2) is 65.6 Å². The van der Waals surface area contributed by atoms with E-state index in [-0.39, 0.29) is 25.5 Å². The molecule has 0 saturated carbocycles. The zero-order valence-corrected chi connectivity index (χ0v) is 14.0. The zero-order chi connectivity index (χ0) is 17.1. The van der Waals surface area contributed by atoms with E-state index in [4.69, 9.17) is 9.47 Å². The van der Waals surface area contributed by atoms with Gasteiger partial charge in [-0.3, -0.25) is 4.79 Å². The van der Waals surface area contributed by atoms with Gasteiger partial charge in [-0.25, -0.2) is 0 Å². The van der Waals surface area contributed by atoms with E-state index in [0.29, 0.717) is 6.54 Å². The van der Waals surface area contributed by atoms with Crippen molar-refractivity contribution in [2.45, 2.75) is 44.4 Å². The lowest BCUT2D eigenvalue weighted by Gasteiger charge is -2.39. The molecule has 1 amide bonds. The quantitative estimate of drug-likeness (QED) is 0.839. The highest BCUT2D eigenvalue weighted by atomic mass is 16.5. The number of ether oxygens (including phenoxy) is 2. The van der Waals surface area contributed by atoms with E-state index < -0.39 is 18.2 Å². The fraction of sp³-hybridized carbons (Fsp3) is 0.611. The van der Waals surface area contributed by atoms with Crippen molar-refractivity contribution < 1.29 is 24.5 Å². The van der Waals surface area contributed by atoms with Crippen LogP contribution in [0.2, 0.25) is 0 Å². The van der Waals surface area contributed by atoms with Crippen LogP contribution >= 0.6 is 0 Å². The Labute approximate surface area is 142 Å². The number of hydrogen-bond acceptors (Lipinski definition) is 5. The Morgan fingerprint density at radius 2 is 2.17 bits per heavy atom. The van der Waals surface area contributed by atoms with Crippen LogP contribution in [0, 0.1) is 0 Å². The highest BCUT2D eigenvalue weighted by Crippen LogP contribution is 2.26.